The maximum Gasteiger partial charge on any atom is 0.124 e. The minimum Gasteiger partial charge on any atom is -0.364 e. The first kappa shape index (κ1) is 7.36. The van der Waals surface area contributed by atoms with Crippen LogP contribution >= 0.6 is 0 Å². The molecule has 0 aromatic carbocycles. The smallest absolute Gasteiger partial charge is 0.124 e. The van der Waals surface area contributed by atoms with Crippen molar-refractivity contribution in [3.05, 3.63) is 24.2 Å². The summed E-state index contributed by atoms with van der Waals surface area (Å²) in [6.45, 7) is 1.98. The van der Waals surface area contributed by atoms with Crippen LogP contribution in [-0.4, -0.2) is 23.4 Å². The molecule has 4 heteroatoms. The van der Waals surface area contributed by atoms with Crippen molar-refractivity contribution in [1.82, 2.24) is 10.2 Å². The Morgan fingerprint density at radius 3 is 2.92 bits per heavy atom. The molecule has 4 nitrogen and oxygen atoms in total. The summed E-state index contributed by atoms with van der Waals surface area (Å²) in [5, 5.41) is 5.51. The molecule has 0 amide bonds. The van der Waals surface area contributed by atoms with E-state index in [0.717, 1.165) is 11.3 Å². The van der Waals surface area contributed by atoms with Crippen LogP contribution in [0.15, 0.2) is 23.1 Å². The standard InChI is InChI=1S/C8H10N2O2/c1-6-7(5-10(2)12-6)8-3-4-11-9-8/h3-6H,1-2H3. The van der Waals surface area contributed by atoms with Crippen molar-refractivity contribution in [2.45, 2.75) is 13.0 Å². The molecule has 12 heavy (non-hydrogen) atoms. The van der Waals surface area contributed by atoms with Crippen LogP contribution in [0, 0.1) is 0 Å². The van der Waals surface area contributed by atoms with Crippen molar-refractivity contribution in [1.29, 1.82) is 0 Å². The lowest BCUT2D eigenvalue weighted by Gasteiger charge is -2.08. The molecule has 0 fully saturated rings. The zero-order valence-corrected chi connectivity index (χ0v) is 7.02. The molecule has 0 saturated carbocycles. The summed E-state index contributed by atoms with van der Waals surface area (Å²) in [6.07, 6.45) is 3.52. The third-order valence-electron chi connectivity index (χ3n) is 1.82. The minimum absolute atomic E-state index is 0.0556. The summed E-state index contributed by atoms with van der Waals surface area (Å²) < 4.78 is 4.75. The predicted molar refractivity (Wildman–Crippen MR) is 42.8 cm³/mol. The van der Waals surface area contributed by atoms with E-state index >= 15 is 0 Å². The van der Waals surface area contributed by atoms with Gasteiger partial charge in [-0.1, -0.05) is 5.16 Å². The Morgan fingerprint density at radius 2 is 2.42 bits per heavy atom. The number of hydrogen-bond donors (Lipinski definition) is 0. The van der Waals surface area contributed by atoms with Crippen LogP contribution in [0.3, 0.4) is 0 Å². The van der Waals surface area contributed by atoms with E-state index in [0.29, 0.717) is 0 Å². The first-order valence-corrected chi connectivity index (χ1v) is 3.79. The molecule has 1 aromatic heterocycles. The molecule has 2 heterocycles. The molecule has 0 bridgehead atoms. The summed E-state index contributed by atoms with van der Waals surface area (Å²) in [7, 11) is 1.85. The van der Waals surface area contributed by atoms with Crippen molar-refractivity contribution >= 4 is 5.57 Å². The second-order valence-electron chi connectivity index (χ2n) is 2.76. The predicted octanol–water partition coefficient (Wildman–Crippen LogP) is 1.28. The van der Waals surface area contributed by atoms with Gasteiger partial charge in [0.2, 0.25) is 0 Å². The normalized spacial score (nSPS) is 23.0. The molecule has 0 saturated heterocycles. The van der Waals surface area contributed by atoms with Crippen LogP contribution in [0.2, 0.25) is 0 Å². The molecule has 0 aliphatic carbocycles. The molecule has 64 valence electrons. The van der Waals surface area contributed by atoms with Gasteiger partial charge in [0, 0.05) is 24.9 Å². The lowest BCUT2D eigenvalue weighted by Crippen LogP contribution is -2.11. The lowest BCUT2D eigenvalue weighted by atomic mass is 10.1. The fraction of sp³-hybridized carbons (Fsp3) is 0.375. The number of rotatable bonds is 1. The summed E-state index contributed by atoms with van der Waals surface area (Å²) in [5.74, 6) is 0. The summed E-state index contributed by atoms with van der Waals surface area (Å²) in [5.41, 5.74) is 1.89. The van der Waals surface area contributed by atoms with E-state index in [9.17, 15) is 0 Å². The van der Waals surface area contributed by atoms with Gasteiger partial charge in [-0.15, -0.1) is 0 Å². The van der Waals surface area contributed by atoms with Gasteiger partial charge >= 0.3 is 0 Å². The van der Waals surface area contributed by atoms with Gasteiger partial charge in [0.15, 0.2) is 0 Å². The number of nitrogens with zero attached hydrogens (tertiary/aromatic N) is 2. The highest BCUT2D eigenvalue weighted by atomic mass is 16.7. The monoisotopic (exact) mass is 166 g/mol. The third kappa shape index (κ3) is 1.10. The highest BCUT2D eigenvalue weighted by molar-refractivity contribution is 5.65. The summed E-state index contributed by atoms with van der Waals surface area (Å²) in [6, 6.07) is 1.82. The van der Waals surface area contributed by atoms with E-state index in [-0.39, 0.29) is 6.10 Å². The highest BCUT2D eigenvalue weighted by Gasteiger charge is 2.22. The van der Waals surface area contributed by atoms with Crippen LogP contribution in [0.4, 0.5) is 0 Å². The van der Waals surface area contributed by atoms with Gasteiger partial charge in [-0.3, -0.25) is 9.90 Å². The molecule has 1 atom stereocenters. The highest BCUT2D eigenvalue weighted by Crippen LogP contribution is 2.25. The topological polar surface area (TPSA) is 38.5 Å². The van der Waals surface area contributed by atoms with Gasteiger partial charge in [0.25, 0.3) is 0 Å². The quantitative estimate of drug-likeness (QED) is 0.630. The van der Waals surface area contributed by atoms with Crippen LogP contribution in [0.5, 0.6) is 0 Å². The van der Waals surface area contributed by atoms with Crippen LogP contribution in [0.25, 0.3) is 5.57 Å². The largest absolute Gasteiger partial charge is 0.364 e. The minimum atomic E-state index is 0.0556. The average Bonchev–Trinajstić information content (AvgIpc) is 2.58. The summed E-state index contributed by atoms with van der Waals surface area (Å²) >= 11 is 0. The van der Waals surface area contributed by atoms with Crippen molar-refractivity contribution < 1.29 is 9.36 Å². The zero-order valence-electron chi connectivity index (χ0n) is 7.02. The van der Waals surface area contributed by atoms with Gasteiger partial charge < -0.3 is 4.52 Å². The summed E-state index contributed by atoms with van der Waals surface area (Å²) in [4.78, 5) is 5.36. The second kappa shape index (κ2) is 2.64. The van der Waals surface area contributed by atoms with E-state index in [1.165, 1.54) is 0 Å². The van der Waals surface area contributed by atoms with E-state index in [4.69, 9.17) is 9.36 Å². The van der Waals surface area contributed by atoms with Gasteiger partial charge in [-0.05, 0) is 6.92 Å². The van der Waals surface area contributed by atoms with E-state index in [1.807, 2.05) is 26.2 Å². The molecule has 1 aromatic rings. The molecular weight excluding hydrogens is 156 g/mol. The van der Waals surface area contributed by atoms with Gasteiger partial charge in [-0.2, -0.15) is 0 Å². The van der Waals surface area contributed by atoms with Crippen molar-refractivity contribution in [3.8, 4) is 0 Å². The fourth-order valence-corrected chi connectivity index (χ4v) is 1.27. The SMILES string of the molecule is CC1ON(C)C=C1c1ccon1. The molecule has 1 unspecified atom stereocenters. The maximum atomic E-state index is 5.36. The van der Waals surface area contributed by atoms with E-state index < -0.39 is 0 Å². The molecular formula is C8H10N2O2. The van der Waals surface area contributed by atoms with Crippen LogP contribution < -0.4 is 0 Å². The average molecular weight is 166 g/mol. The maximum absolute atomic E-state index is 5.36. The molecule has 0 N–H and O–H groups in total. The Balaban J connectivity index is 2.30. The number of hydrogen-bond acceptors (Lipinski definition) is 4. The molecule has 0 radical (unpaired) electrons. The molecule has 0 spiro atoms. The van der Waals surface area contributed by atoms with Gasteiger partial charge in [0.05, 0.1) is 0 Å². The number of hydroxylamine groups is 2. The second-order valence-corrected chi connectivity index (χ2v) is 2.76. The Kier molecular flexibility index (Phi) is 1.62. The van der Waals surface area contributed by atoms with E-state index in [1.54, 1.807) is 11.3 Å². The van der Waals surface area contributed by atoms with Gasteiger partial charge in [0.1, 0.15) is 18.1 Å². The Labute approximate surface area is 70.4 Å². The molecule has 1 aliphatic heterocycles. The van der Waals surface area contributed by atoms with Crippen molar-refractivity contribution in [2.24, 2.45) is 0 Å². The first-order valence-electron chi connectivity index (χ1n) is 3.79. The van der Waals surface area contributed by atoms with Gasteiger partial charge in [-0.25, -0.2) is 0 Å². The molecule has 2 rings (SSSR count). The fourth-order valence-electron chi connectivity index (χ4n) is 1.27. The van der Waals surface area contributed by atoms with Crippen molar-refractivity contribution in [3.63, 3.8) is 0 Å². The van der Waals surface area contributed by atoms with Crippen LogP contribution in [0.1, 0.15) is 12.6 Å². The first-order chi connectivity index (χ1) is 5.77. The van der Waals surface area contributed by atoms with Crippen LogP contribution in [-0.2, 0) is 4.84 Å². The Bertz CT molecular complexity index is 292. The number of aromatic nitrogens is 1. The third-order valence-corrected chi connectivity index (χ3v) is 1.82. The lowest BCUT2D eigenvalue weighted by molar-refractivity contribution is -0.102. The Hall–Kier alpha value is -1.29. The zero-order chi connectivity index (χ0) is 8.55. The van der Waals surface area contributed by atoms with Crippen molar-refractivity contribution in [2.75, 3.05) is 7.05 Å². The Morgan fingerprint density at radius 1 is 1.58 bits per heavy atom. The van der Waals surface area contributed by atoms with E-state index in [2.05, 4.69) is 5.16 Å². The molecule has 1 aliphatic rings.